The monoisotopic (exact) mass is 280 g/mol. The number of benzene rings is 2. The van der Waals surface area contributed by atoms with E-state index in [1.165, 1.54) is 0 Å². The van der Waals surface area contributed by atoms with Crippen molar-refractivity contribution >= 4 is 23.5 Å². The minimum atomic E-state index is -0.723. The molecule has 0 bridgehead atoms. The number of nitrogens with one attached hydrogen (secondary N) is 1. The summed E-state index contributed by atoms with van der Waals surface area (Å²) in [5, 5.41) is 2.24. The molecule has 0 aromatic heterocycles. The van der Waals surface area contributed by atoms with Crippen LogP contribution >= 0.6 is 0 Å². The lowest BCUT2D eigenvalue weighted by Crippen LogP contribution is -2.44. The van der Waals surface area contributed by atoms with Crippen molar-refractivity contribution in [2.75, 3.05) is 4.90 Å². The van der Waals surface area contributed by atoms with Crippen molar-refractivity contribution < 1.29 is 14.4 Å². The van der Waals surface area contributed by atoms with Gasteiger partial charge in [0.25, 0.3) is 5.91 Å². The Morgan fingerprint density at radius 2 is 1.62 bits per heavy atom. The number of amides is 4. The average Bonchev–Trinajstić information content (AvgIpc) is 2.83. The zero-order chi connectivity index (χ0) is 14.8. The number of hydrogen-bond acceptors (Lipinski definition) is 3. The first kappa shape index (κ1) is 13.1. The summed E-state index contributed by atoms with van der Waals surface area (Å²) in [5.74, 6) is -0.868. The highest BCUT2D eigenvalue weighted by atomic mass is 16.2. The molecule has 5 nitrogen and oxygen atoms in total. The smallest absolute Gasteiger partial charge is 0.274 e. The van der Waals surface area contributed by atoms with Crippen molar-refractivity contribution in [2.24, 2.45) is 0 Å². The number of fused-ring (bicyclic) bond motifs is 1. The van der Waals surface area contributed by atoms with Crippen LogP contribution < -0.4 is 10.2 Å². The van der Waals surface area contributed by atoms with Gasteiger partial charge in [-0.2, -0.15) is 0 Å². The molecule has 0 aliphatic carbocycles. The Morgan fingerprint density at radius 1 is 0.952 bits per heavy atom. The average molecular weight is 280 g/mol. The van der Waals surface area contributed by atoms with Crippen LogP contribution in [0.25, 0.3) is 0 Å². The highest BCUT2D eigenvalue weighted by Crippen LogP contribution is 2.28. The summed E-state index contributed by atoms with van der Waals surface area (Å²) in [4.78, 5) is 37.1. The molecule has 2 aromatic rings. The van der Waals surface area contributed by atoms with E-state index in [0.29, 0.717) is 11.3 Å². The molecule has 5 heteroatoms. The molecule has 1 N–H and O–H groups in total. The Balaban J connectivity index is 1.80. The highest BCUT2D eigenvalue weighted by molar-refractivity contribution is 6.22. The van der Waals surface area contributed by atoms with Gasteiger partial charge in [0, 0.05) is 5.56 Å². The molecule has 0 spiro atoms. The fourth-order valence-corrected chi connectivity index (χ4v) is 2.29. The van der Waals surface area contributed by atoms with E-state index in [9.17, 15) is 14.4 Å². The molecule has 3 rings (SSSR count). The molecule has 4 amide bonds. The minimum absolute atomic E-state index is 0.170. The van der Waals surface area contributed by atoms with Gasteiger partial charge in [0.05, 0.1) is 12.1 Å². The Kier molecular flexibility index (Phi) is 3.23. The normalized spacial score (nSPS) is 13.0. The lowest BCUT2D eigenvalue weighted by molar-refractivity contribution is -0.116. The molecule has 0 saturated carbocycles. The lowest BCUT2D eigenvalue weighted by Gasteiger charge is -2.15. The summed E-state index contributed by atoms with van der Waals surface area (Å²) >= 11 is 0. The maximum absolute atomic E-state index is 12.2. The van der Waals surface area contributed by atoms with Crippen LogP contribution in [0.5, 0.6) is 0 Å². The molecule has 104 valence electrons. The molecular weight excluding hydrogens is 268 g/mol. The van der Waals surface area contributed by atoms with Crippen molar-refractivity contribution in [3.05, 3.63) is 65.7 Å². The van der Waals surface area contributed by atoms with E-state index in [-0.39, 0.29) is 12.3 Å². The quantitative estimate of drug-likeness (QED) is 0.870. The van der Waals surface area contributed by atoms with E-state index in [2.05, 4.69) is 5.32 Å². The fourth-order valence-electron chi connectivity index (χ4n) is 2.29. The number of carbonyl (C=O) groups excluding carboxylic acids is 3. The minimum Gasteiger partial charge on any atom is -0.274 e. The molecule has 1 heterocycles. The lowest BCUT2D eigenvalue weighted by atomic mass is 10.2. The number of rotatable bonds is 1. The van der Waals surface area contributed by atoms with E-state index in [4.69, 9.17) is 0 Å². The Hall–Kier alpha value is -2.95. The second kappa shape index (κ2) is 5.20. The van der Waals surface area contributed by atoms with Crippen LogP contribution in [0, 0.1) is 0 Å². The molecular formula is C16H12N2O3. The van der Waals surface area contributed by atoms with Gasteiger partial charge < -0.3 is 0 Å². The highest BCUT2D eigenvalue weighted by Gasteiger charge is 2.32. The third-order valence-electron chi connectivity index (χ3n) is 3.28. The van der Waals surface area contributed by atoms with Gasteiger partial charge >= 0.3 is 6.03 Å². The number of carbonyl (C=O) groups is 3. The summed E-state index contributed by atoms with van der Waals surface area (Å²) in [6.07, 6.45) is 0.170. The molecule has 1 aliphatic rings. The molecule has 0 unspecified atom stereocenters. The number of anilines is 1. The van der Waals surface area contributed by atoms with Gasteiger partial charge in [-0.3, -0.25) is 14.9 Å². The van der Waals surface area contributed by atoms with Crippen LogP contribution in [0.1, 0.15) is 15.9 Å². The number of urea groups is 1. The van der Waals surface area contributed by atoms with Gasteiger partial charge in [-0.25, -0.2) is 9.69 Å². The fraction of sp³-hybridized carbons (Fsp3) is 0.0625. The van der Waals surface area contributed by atoms with Gasteiger partial charge in [0.2, 0.25) is 5.91 Å². The first-order valence-electron chi connectivity index (χ1n) is 6.48. The van der Waals surface area contributed by atoms with Crippen molar-refractivity contribution in [1.82, 2.24) is 5.32 Å². The van der Waals surface area contributed by atoms with Gasteiger partial charge in [-0.15, -0.1) is 0 Å². The summed E-state index contributed by atoms with van der Waals surface area (Å²) in [5.41, 5.74) is 1.68. The zero-order valence-corrected chi connectivity index (χ0v) is 11.1. The van der Waals surface area contributed by atoms with Gasteiger partial charge in [-0.1, -0.05) is 36.4 Å². The zero-order valence-electron chi connectivity index (χ0n) is 11.1. The second-order valence-electron chi connectivity index (χ2n) is 4.66. The van der Waals surface area contributed by atoms with Gasteiger partial charge in [0.1, 0.15) is 0 Å². The van der Waals surface area contributed by atoms with E-state index < -0.39 is 11.9 Å². The number of hydrogen-bond donors (Lipinski definition) is 1. The van der Waals surface area contributed by atoms with Crippen LogP contribution in [0.2, 0.25) is 0 Å². The summed E-state index contributed by atoms with van der Waals surface area (Å²) in [7, 11) is 0. The van der Waals surface area contributed by atoms with Crippen LogP contribution in [0.3, 0.4) is 0 Å². The SMILES string of the molecule is O=C(NC(=O)N1C(=O)Cc2ccccc21)c1ccccc1. The van der Waals surface area contributed by atoms with E-state index in [0.717, 1.165) is 10.5 Å². The molecule has 1 aliphatic heterocycles. The second-order valence-corrected chi connectivity index (χ2v) is 4.66. The first-order valence-corrected chi connectivity index (χ1v) is 6.48. The molecule has 2 aromatic carbocycles. The molecule has 0 atom stereocenters. The summed E-state index contributed by atoms with van der Waals surface area (Å²) < 4.78 is 0. The number of para-hydroxylation sites is 1. The maximum Gasteiger partial charge on any atom is 0.335 e. The van der Waals surface area contributed by atoms with Crippen LogP contribution in [-0.4, -0.2) is 17.8 Å². The molecule has 0 fully saturated rings. The van der Waals surface area contributed by atoms with Crippen molar-refractivity contribution in [1.29, 1.82) is 0 Å². The van der Waals surface area contributed by atoms with E-state index >= 15 is 0 Å². The van der Waals surface area contributed by atoms with Crippen LogP contribution in [-0.2, 0) is 11.2 Å². The largest absolute Gasteiger partial charge is 0.335 e. The number of imide groups is 2. The third-order valence-corrected chi connectivity index (χ3v) is 3.28. The molecule has 0 radical (unpaired) electrons. The summed E-state index contributed by atoms with van der Waals surface area (Å²) in [6.45, 7) is 0. The van der Waals surface area contributed by atoms with Crippen molar-refractivity contribution in [3.8, 4) is 0 Å². The third kappa shape index (κ3) is 2.41. The standard InChI is InChI=1S/C16H12N2O3/c19-14-10-12-8-4-5-9-13(12)18(14)16(21)17-15(20)11-6-2-1-3-7-11/h1-9H,10H2,(H,17,20,21). The van der Waals surface area contributed by atoms with Gasteiger partial charge in [-0.05, 0) is 23.8 Å². The topological polar surface area (TPSA) is 66.5 Å². The van der Waals surface area contributed by atoms with Crippen molar-refractivity contribution in [2.45, 2.75) is 6.42 Å². The van der Waals surface area contributed by atoms with Crippen molar-refractivity contribution in [3.63, 3.8) is 0 Å². The maximum atomic E-state index is 12.2. The molecule has 0 saturated heterocycles. The van der Waals surface area contributed by atoms with Gasteiger partial charge in [0.15, 0.2) is 0 Å². The predicted octanol–water partition coefficient (Wildman–Crippen LogP) is 2.13. The predicted molar refractivity (Wildman–Crippen MR) is 76.9 cm³/mol. The summed E-state index contributed by atoms with van der Waals surface area (Å²) in [6, 6.07) is 14.7. The van der Waals surface area contributed by atoms with E-state index in [1.54, 1.807) is 48.5 Å². The van der Waals surface area contributed by atoms with Crippen LogP contribution in [0.4, 0.5) is 10.5 Å². The van der Waals surface area contributed by atoms with Crippen LogP contribution in [0.15, 0.2) is 54.6 Å². The number of nitrogens with zero attached hydrogens (tertiary/aromatic N) is 1. The Labute approximate surface area is 121 Å². The van der Waals surface area contributed by atoms with E-state index in [1.807, 2.05) is 6.07 Å². The Morgan fingerprint density at radius 3 is 2.38 bits per heavy atom. The first-order chi connectivity index (χ1) is 10.2. The molecule has 21 heavy (non-hydrogen) atoms. The Bertz CT molecular complexity index is 725.